The third kappa shape index (κ3) is 3.78. The van der Waals surface area contributed by atoms with E-state index in [0.29, 0.717) is 10.1 Å². The lowest BCUT2D eigenvalue weighted by atomic mass is 10.2. The maximum absolute atomic E-state index is 12.1. The Balaban J connectivity index is 1.79. The number of rotatable bonds is 4. The van der Waals surface area contributed by atoms with E-state index in [1.807, 2.05) is 54.6 Å². The number of carbonyl (C=O) groups excluding carboxylic acids is 1. The molecule has 3 rings (SSSR count). The summed E-state index contributed by atoms with van der Waals surface area (Å²) in [5.74, 6) is 1.35. The van der Waals surface area contributed by atoms with Crippen molar-refractivity contribution in [3.63, 3.8) is 0 Å². The summed E-state index contributed by atoms with van der Waals surface area (Å²) in [6, 6.07) is 14.9. The number of amides is 1. The van der Waals surface area contributed by atoms with Crippen LogP contribution >= 0.6 is 11.8 Å². The lowest BCUT2D eigenvalue weighted by Gasteiger charge is -2.00. The molecule has 0 aliphatic carbocycles. The first-order valence-corrected chi connectivity index (χ1v) is 8.07. The van der Waals surface area contributed by atoms with Gasteiger partial charge in [-0.2, -0.15) is 0 Å². The summed E-state index contributed by atoms with van der Waals surface area (Å²) in [5, 5.41) is 3.32. The predicted molar refractivity (Wildman–Crippen MR) is 96.8 cm³/mol. The molecular weight excluding hydrogens is 324 g/mol. The van der Waals surface area contributed by atoms with E-state index in [1.165, 1.54) is 11.8 Å². The van der Waals surface area contributed by atoms with E-state index in [0.717, 1.165) is 22.7 Å². The molecule has 1 aliphatic heterocycles. The average molecular weight is 340 g/mol. The lowest BCUT2D eigenvalue weighted by molar-refractivity contribution is -0.115. The number of nitrogens with zero attached hydrogens (tertiary/aromatic N) is 1. The Labute approximate surface area is 144 Å². The van der Waals surface area contributed by atoms with Crippen molar-refractivity contribution < 1.29 is 14.3 Å². The average Bonchev–Trinajstić information content (AvgIpc) is 2.95. The zero-order valence-electron chi connectivity index (χ0n) is 13.3. The Hall–Kier alpha value is -2.73. The van der Waals surface area contributed by atoms with Gasteiger partial charge in [0.2, 0.25) is 0 Å². The summed E-state index contributed by atoms with van der Waals surface area (Å²) in [7, 11) is 3.23. The zero-order valence-corrected chi connectivity index (χ0v) is 14.1. The van der Waals surface area contributed by atoms with Crippen LogP contribution in [0.15, 0.2) is 58.4 Å². The normalized spacial score (nSPS) is 17.2. The number of amidine groups is 1. The number of ether oxygens (including phenoxy) is 2. The first-order chi connectivity index (χ1) is 11.7. The second-order valence-electron chi connectivity index (χ2n) is 4.96. The van der Waals surface area contributed by atoms with Crippen molar-refractivity contribution >= 4 is 34.6 Å². The van der Waals surface area contributed by atoms with Gasteiger partial charge in [-0.1, -0.05) is 18.2 Å². The van der Waals surface area contributed by atoms with Crippen LogP contribution in [0.2, 0.25) is 0 Å². The standard InChI is InChI=1S/C18H16N2O3S/c1-22-14-8-6-12(7-9-14)10-16-17(21)20-18(24-16)19-13-4-3-5-15(11-13)23-2/h3-11H,1-2H3,(H,19,20,21). The number of nitrogens with one attached hydrogen (secondary N) is 1. The highest BCUT2D eigenvalue weighted by Crippen LogP contribution is 2.29. The quantitative estimate of drug-likeness (QED) is 0.864. The predicted octanol–water partition coefficient (Wildman–Crippen LogP) is 3.60. The molecule has 1 aliphatic rings. The fourth-order valence-corrected chi connectivity index (χ4v) is 2.97. The van der Waals surface area contributed by atoms with Crippen LogP contribution in [0, 0.1) is 0 Å². The van der Waals surface area contributed by atoms with E-state index in [4.69, 9.17) is 9.47 Å². The molecule has 1 amide bonds. The highest BCUT2D eigenvalue weighted by atomic mass is 32.2. The molecule has 0 aromatic heterocycles. The topological polar surface area (TPSA) is 59.9 Å². The lowest BCUT2D eigenvalue weighted by Crippen LogP contribution is -2.19. The molecule has 0 saturated carbocycles. The fourth-order valence-electron chi connectivity index (χ4n) is 2.13. The van der Waals surface area contributed by atoms with Crippen LogP contribution in [0.3, 0.4) is 0 Å². The van der Waals surface area contributed by atoms with Crippen LogP contribution in [0.25, 0.3) is 6.08 Å². The first kappa shape index (κ1) is 16.1. The number of aliphatic imine (C=N–C) groups is 1. The monoisotopic (exact) mass is 340 g/mol. The van der Waals surface area contributed by atoms with E-state index in [2.05, 4.69) is 10.3 Å². The maximum Gasteiger partial charge on any atom is 0.264 e. The molecule has 122 valence electrons. The molecule has 2 aromatic rings. The molecule has 0 radical (unpaired) electrons. The molecule has 0 bridgehead atoms. The molecular formula is C18H16N2O3S. The summed E-state index contributed by atoms with van der Waals surface area (Å²) in [6.45, 7) is 0. The van der Waals surface area contributed by atoms with Crippen molar-refractivity contribution in [2.24, 2.45) is 4.99 Å². The number of thioether (sulfide) groups is 1. The Kier molecular flexibility index (Phi) is 4.86. The SMILES string of the molecule is COc1ccc(C=C2SC(=Nc3cccc(OC)c3)NC2=O)cc1. The molecule has 24 heavy (non-hydrogen) atoms. The van der Waals surface area contributed by atoms with Crippen LogP contribution < -0.4 is 14.8 Å². The molecule has 1 fully saturated rings. The van der Waals surface area contributed by atoms with Crippen molar-refractivity contribution in [2.75, 3.05) is 14.2 Å². The van der Waals surface area contributed by atoms with Gasteiger partial charge in [-0.25, -0.2) is 4.99 Å². The van der Waals surface area contributed by atoms with Crippen molar-refractivity contribution in [1.82, 2.24) is 5.32 Å². The van der Waals surface area contributed by atoms with Gasteiger partial charge in [0.1, 0.15) is 11.5 Å². The number of hydrogen-bond donors (Lipinski definition) is 1. The highest BCUT2D eigenvalue weighted by Gasteiger charge is 2.23. The first-order valence-electron chi connectivity index (χ1n) is 7.25. The fraction of sp³-hybridized carbons (Fsp3) is 0.111. The molecule has 6 heteroatoms. The van der Waals surface area contributed by atoms with Crippen molar-refractivity contribution in [1.29, 1.82) is 0 Å². The van der Waals surface area contributed by atoms with Gasteiger partial charge in [0.05, 0.1) is 24.8 Å². The van der Waals surface area contributed by atoms with E-state index in [1.54, 1.807) is 14.2 Å². The third-order valence-corrected chi connectivity index (χ3v) is 4.26. The molecule has 1 N–H and O–H groups in total. The van der Waals surface area contributed by atoms with E-state index < -0.39 is 0 Å². The number of methoxy groups -OCH3 is 2. The second-order valence-corrected chi connectivity index (χ2v) is 5.99. The Morgan fingerprint density at radius 3 is 2.50 bits per heavy atom. The Morgan fingerprint density at radius 1 is 1.04 bits per heavy atom. The molecule has 5 nitrogen and oxygen atoms in total. The summed E-state index contributed by atoms with van der Waals surface area (Å²) < 4.78 is 10.3. The van der Waals surface area contributed by atoms with Gasteiger partial charge in [0.15, 0.2) is 5.17 Å². The third-order valence-electron chi connectivity index (χ3n) is 3.35. The maximum atomic E-state index is 12.1. The minimum atomic E-state index is -0.155. The Bertz CT molecular complexity index is 813. The van der Waals surface area contributed by atoms with Crippen LogP contribution in [0.4, 0.5) is 5.69 Å². The molecule has 1 heterocycles. The van der Waals surface area contributed by atoms with Crippen LogP contribution in [0.1, 0.15) is 5.56 Å². The molecule has 0 spiro atoms. The minimum absolute atomic E-state index is 0.155. The van der Waals surface area contributed by atoms with E-state index >= 15 is 0 Å². The van der Waals surface area contributed by atoms with Gasteiger partial charge in [0.25, 0.3) is 5.91 Å². The summed E-state index contributed by atoms with van der Waals surface area (Å²) in [4.78, 5) is 17.1. The molecule has 0 unspecified atom stereocenters. The summed E-state index contributed by atoms with van der Waals surface area (Å²) in [5.41, 5.74) is 1.65. The highest BCUT2D eigenvalue weighted by molar-refractivity contribution is 8.18. The van der Waals surface area contributed by atoms with E-state index in [9.17, 15) is 4.79 Å². The molecule has 2 aromatic carbocycles. The van der Waals surface area contributed by atoms with E-state index in [-0.39, 0.29) is 5.91 Å². The van der Waals surface area contributed by atoms with Crippen LogP contribution in [-0.4, -0.2) is 25.3 Å². The van der Waals surface area contributed by atoms with Gasteiger partial charge >= 0.3 is 0 Å². The minimum Gasteiger partial charge on any atom is -0.497 e. The van der Waals surface area contributed by atoms with Crippen molar-refractivity contribution in [3.8, 4) is 11.5 Å². The van der Waals surface area contributed by atoms with Gasteiger partial charge < -0.3 is 14.8 Å². The summed E-state index contributed by atoms with van der Waals surface area (Å²) >= 11 is 1.31. The smallest absolute Gasteiger partial charge is 0.264 e. The van der Waals surface area contributed by atoms with Crippen molar-refractivity contribution in [2.45, 2.75) is 0 Å². The van der Waals surface area contributed by atoms with Gasteiger partial charge in [0, 0.05) is 6.07 Å². The molecule has 0 atom stereocenters. The zero-order chi connectivity index (χ0) is 16.9. The van der Waals surface area contributed by atoms with Gasteiger partial charge in [-0.15, -0.1) is 0 Å². The van der Waals surface area contributed by atoms with Gasteiger partial charge in [-0.3, -0.25) is 4.79 Å². The molecule has 1 saturated heterocycles. The number of benzene rings is 2. The van der Waals surface area contributed by atoms with Gasteiger partial charge in [-0.05, 0) is 47.7 Å². The second kappa shape index (κ2) is 7.23. The number of carbonyl (C=O) groups is 1. The summed E-state index contributed by atoms with van der Waals surface area (Å²) in [6.07, 6.45) is 1.83. The van der Waals surface area contributed by atoms with Crippen LogP contribution in [0.5, 0.6) is 11.5 Å². The van der Waals surface area contributed by atoms with Crippen LogP contribution in [-0.2, 0) is 4.79 Å². The number of hydrogen-bond acceptors (Lipinski definition) is 5. The largest absolute Gasteiger partial charge is 0.497 e. The van der Waals surface area contributed by atoms with Crippen molar-refractivity contribution in [3.05, 3.63) is 59.0 Å². The Morgan fingerprint density at radius 2 is 1.79 bits per heavy atom.